The molecule has 2 aromatic rings. The van der Waals surface area contributed by atoms with Crippen LogP contribution in [-0.2, 0) is 0 Å². The lowest BCUT2D eigenvalue weighted by Crippen LogP contribution is -1.88. The molecule has 0 fully saturated rings. The first-order valence-corrected chi connectivity index (χ1v) is 4.87. The largest absolute Gasteiger partial charge is 0.205 e. The van der Waals surface area contributed by atoms with Crippen LogP contribution in [0.25, 0.3) is 11.3 Å². The summed E-state index contributed by atoms with van der Waals surface area (Å²) in [4.78, 5) is 0. The minimum Gasteiger partial charge on any atom is -0.205 e. The van der Waals surface area contributed by atoms with Gasteiger partial charge < -0.3 is 0 Å². The zero-order valence-electron chi connectivity index (χ0n) is 7.42. The van der Waals surface area contributed by atoms with Crippen molar-refractivity contribution < 1.29 is 4.39 Å². The zero-order valence-corrected chi connectivity index (χ0v) is 8.93. The maximum Gasteiger partial charge on any atom is 0.151 e. The molecule has 2 rings (SSSR count). The first-order valence-electron chi connectivity index (χ1n) is 4.11. The third-order valence-corrected chi connectivity index (χ3v) is 2.36. The summed E-state index contributed by atoms with van der Waals surface area (Å²) in [5, 5.41) is 7.88. The van der Waals surface area contributed by atoms with Gasteiger partial charge in [-0.15, -0.1) is 10.2 Å². The van der Waals surface area contributed by atoms with E-state index in [1.807, 2.05) is 0 Å². The Bertz CT molecular complexity index is 485. The van der Waals surface area contributed by atoms with Gasteiger partial charge in [-0.3, -0.25) is 0 Å². The highest BCUT2D eigenvalue weighted by Gasteiger charge is 2.04. The highest BCUT2D eigenvalue weighted by molar-refractivity contribution is 6.30. The zero-order chi connectivity index (χ0) is 10.8. The van der Waals surface area contributed by atoms with Gasteiger partial charge in [0.2, 0.25) is 0 Å². The smallest absolute Gasteiger partial charge is 0.151 e. The van der Waals surface area contributed by atoms with E-state index in [2.05, 4.69) is 10.2 Å². The minimum atomic E-state index is -0.481. The number of halogens is 3. The summed E-state index contributed by atoms with van der Waals surface area (Å²) >= 11 is 11.1. The molecule has 1 aromatic carbocycles. The third kappa shape index (κ3) is 2.25. The van der Waals surface area contributed by atoms with Gasteiger partial charge in [0.25, 0.3) is 0 Å². The van der Waals surface area contributed by atoms with Crippen molar-refractivity contribution in [2.75, 3.05) is 0 Å². The number of aromatic nitrogens is 2. The van der Waals surface area contributed by atoms with Crippen molar-refractivity contribution in [3.63, 3.8) is 0 Å². The van der Waals surface area contributed by atoms with Gasteiger partial charge in [-0.2, -0.15) is 0 Å². The normalized spacial score (nSPS) is 10.3. The molecule has 0 unspecified atom stereocenters. The highest BCUT2D eigenvalue weighted by Crippen LogP contribution is 2.22. The Morgan fingerprint density at radius 3 is 2.40 bits per heavy atom. The average Bonchev–Trinajstić information content (AvgIpc) is 2.23. The quantitative estimate of drug-likeness (QED) is 0.764. The first kappa shape index (κ1) is 10.3. The van der Waals surface area contributed by atoms with E-state index in [0.717, 1.165) is 0 Å². The molecule has 1 aromatic heterocycles. The molecule has 5 heteroatoms. The molecule has 76 valence electrons. The van der Waals surface area contributed by atoms with Crippen LogP contribution in [0.4, 0.5) is 4.39 Å². The lowest BCUT2D eigenvalue weighted by atomic mass is 10.1. The van der Waals surface area contributed by atoms with Crippen LogP contribution in [0.1, 0.15) is 0 Å². The van der Waals surface area contributed by atoms with E-state index in [1.165, 1.54) is 12.1 Å². The molecule has 0 aliphatic carbocycles. The molecule has 0 spiro atoms. The van der Waals surface area contributed by atoms with Crippen molar-refractivity contribution >= 4 is 23.2 Å². The standard InChI is InChI=1S/C10H5Cl2FN2/c11-7-2-1-6(5-8(7)13)9-3-4-10(12)15-14-9/h1-5H. The van der Waals surface area contributed by atoms with Crippen molar-refractivity contribution in [3.8, 4) is 11.3 Å². The van der Waals surface area contributed by atoms with E-state index in [1.54, 1.807) is 18.2 Å². The number of benzene rings is 1. The molecular formula is C10H5Cl2FN2. The van der Waals surface area contributed by atoms with E-state index in [-0.39, 0.29) is 5.02 Å². The summed E-state index contributed by atoms with van der Waals surface area (Å²) in [6.07, 6.45) is 0. The lowest BCUT2D eigenvalue weighted by Gasteiger charge is -2.00. The molecule has 0 saturated heterocycles. The summed E-state index contributed by atoms with van der Waals surface area (Å²) in [6, 6.07) is 7.71. The van der Waals surface area contributed by atoms with Crippen molar-refractivity contribution in [2.45, 2.75) is 0 Å². The fourth-order valence-corrected chi connectivity index (χ4v) is 1.34. The number of nitrogens with zero attached hydrogens (tertiary/aromatic N) is 2. The Balaban J connectivity index is 2.45. The first-order chi connectivity index (χ1) is 7.16. The number of hydrogen-bond acceptors (Lipinski definition) is 2. The van der Waals surface area contributed by atoms with Gasteiger partial charge in [0.05, 0.1) is 10.7 Å². The van der Waals surface area contributed by atoms with Crippen LogP contribution in [0.3, 0.4) is 0 Å². The molecular weight excluding hydrogens is 238 g/mol. The summed E-state index contributed by atoms with van der Waals surface area (Å²) < 4.78 is 13.1. The summed E-state index contributed by atoms with van der Waals surface area (Å²) in [7, 11) is 0. The van der Waals surface area contributed by atoms with Crippen molar-refractivity contribution in [3.05, 3.63) is 46.3 Å². The average molecular weight is 243 g/mol. The second-order valence-electron chi connectivity index (χ2n) is 2.87. The van der Waals surface area contributed by atoms with Crippen LogP contribution in [0.2, 0.25) is 10.2 Å². The van der Waals surface area contributed by atoms with Crippen LogP contribution in [0, 0.1) is 5.82 Å². The SMILES string of the molecule is Fc1cc(-c2ccc(Cl)nn2)ccc1Cl. The second kappa shape index (κ2) is 4.13. The second-order valence-corrected chi connectivity index (χ2v) is 3.66. The van der Waals surface area contributed by atoms with Gasteiger partial charge in [-0.05, 0) is 24.3 Å². The van der Waals surface area contributed by atoms with Crippen molar-refractivity contribution in [2.24, 2.45) is 0 Å². The Morgan fingerprint density at radius 2 is 1.80 bits per heavy atom. The predicted octanol–water partition coefficient (Wildman–Crippen LogP) is 3.59. The van der Waals surface area contributed by atoms with E-state index >= 15 is 0 Å². The molecule has 15 heavy (non-hydrogen) atoms. The Morgan fingerprint density at radius 1 is 1.00 bits per heavy atom. The summed E-state index contributed by atoms with van der Waals surface area (Å²) in [5.41, 5.74) is 1.16. The van der Waals surface area contributed by atoms with Crippen molar-refractivity contribution in [1.29, 1.82) is 0 Å². The maximum atomic E-state index is 13.1. The van der Waals surface area contributed by atoms with Gasteiger partial charge in [0, 0.05) is 5.56 Å². The van der Waals surface area contributed by atoms with Crippen LogP contribution in [-0.4, -0.2) is 10.2 Å². The summed E-state index contributed by atoms with van der Waals surface area (Å²) in [6.45, 7) is 0. The molecule has 1 heterocycles. The molecule has 0 bridgehead atoms. The lowest BCUT2D eigenvalue weighted by molar-refractivity contribution is 0.628. The Labute approximate surface area is 95.7 Å². The van der Waals surface area contributed by atoms with E-state index in [4.69, 9.17) is 23.2 Å². The highest BCUT2D eigenvalue weighted by atomic mass is 35.5. The minimum absolute atomic E-state index is 0.0840. The van der Waals surface area contributed by atoms with E-state index in [0.29, 0.717) is 16.4 Å². The predicted molar refractivity (Wildman–Crippen MR) is 57.4 cm³/mol. The van der Waals surface area contributed by atoms with Crippen LogP contribution >= 0.6 is 23.2 Å². The van der Waals surface area contributed by atoms with Crippen LogP contribution in [0.15, 0.2) is 30.3 Å². The molecule has 0 saturated carbocycles. The van der Waals surface area contributed by atoms with Crippen LogP contribution < -0.4 is 0 Å². The fraction of sp³-hybridized carbons (Fsp3) is 0. The van der Waals surface area contributed by atoms with Gasteiger partial charge in [-0.25, -0.2) is 4.39 Å². The molecule has 0 aliphatic heterocycles. The molecule has 0 N–H and O–H groups in total. The monoisotopic (exact) mass is 242 g/mol. The van der Waals surface area contributed by atoms with Crippen LogP contribution in [0.5, 0.6) is 0 Å². The number of rotatable bonds is 1. The van der Waals surface area contributed by atoms with E-state index < -0.39 is 5.82 Å². The van der Waals surface area contributed by atoms with E-state index in [9.17, 15) is 4.39 Å². The molecule has 0 amide bonds. The Hall–Kier alpha value is -1.19. The maximum absolute atomic E-state index is 13.1. The van der Waals surface area contributed by atoms with Gasteiger partial charge >= 0.3 is 0 Å². The molecule has 2 nitrogen and oxygen atoms in total. The third-order valence-electron chi connectivity index (χ3n) is 1.85. The molecule has 0 atom stereocenters. The topological polar surface area (TPSA) is 25.8 Å². The molecule has 0 radical (unpaired) electrons. The number of hydrogen-bond donors (Lipinski definition) is 0. The van der Waals surface area contributed by atoms with Gasteiger partial charge in [0.15, 0.2) is 5.15 Å². The fourth-order valence-electron chi connectivity index (χ4n) is 1.13. The molecule has 0 aliphatic rings. The van der Waals surface area contributed by atoms with Gasteiger partial charge in [-0.1, -0.05) is 29.3 Å². The van der Waals surface area contributed by atoms with Crippen molar-refractivity contribution in [1.82, 2.24) is 10.2 Å². The van der Waals surface area contributed by atoms with Gasteiger partial charge in [0.1, 0.15) is 5.82 Å². The summed E-state index contributed by atoms with van der Waals surface area (Å²) in [5.74, 6) is -0.481. The Kier molecular flexibility index (Phi) is 2.84.